The van der Waals surface area contributed by atoms with Gasteiger partial charge in [-0.25, -0.2) is 0 Å². The topological polar surface area (TPSA) is 32.8 Å². The molecule has 1 fully saturated rings. The fourth-order valence-electron chi connectivity index (χ4n) is 2.34. The minimum atomic E-state index is 0.125. The molecular formula is C13H26N2O2. The maximum atomic E-state index is 11.9. The van der Waals surface area contributed by atoms with Crippen LogP contribution in [0.3, 0.4) is 0 Å². The lowest BCUT2D eigenvalue weighted by Gasteiger charge is -2.26. The molecule has 17 heavy (non-hydrogen) atoms. The molecule has 100 valence electrons. The zero-order valence-corrected chi connectivity index (χ0v) is 11.6. The number of hydrogen-bond acceptors (Lipinski definition) is 3. The molecule has 1 atom stereocenters. The number of ether oxygens (including phenoxy) is 1. The van der Waals surface area contributed by atoms with Crippen LogP contribution in [0.4, 0.5) is 0 Å². The standard InChI is InChI=1S/C13H26N2O2/c1-5-14(6-2)12-7-8-15(9-12)13(16)10-17-11(3)4/h11-12H,5-10H2,1-4H3. The summed E-state index contributed by atoms with van der Waals surface area (Å²) in [5, 5.41) is 0. The first-order valence-corrected chi connectivity index (χ1v) is 6.71. The highest BCUT2D eigenvalue weighted by atomic mass is 16.5. The van der Waals surface area contributed by atoms with Crippen molar-refractivity contribution >= 4 is 5.91 Å². The Morgan fingerprint density at radius 2 is 2.06 bits per heavy atom. The van der Waals surface area contributed by atoms with Crippen LogP contribution >= 0.6 is 0 Å². The van der Waals surface area contributed by atoms with Crippen molar-refractivity contribution in [3.05, 3.63) is 0 Å². The highest BCUT2D eigenvalue weighted by Crippen LogP contribution is 2.15. The van der Waals surface area contributed by atoms with E-state index < -0.39 is 0 Å². The number of carbonyl (C=O) groups is 1. The molecule has 0 N–H and O–H groups in total. The first kappa shape index (κ1) is 14.5. The molecule has 0 bridgehead atoms. The minimum absolute atomic E-state index is 0.125. The summed E-state index contributed by atoms with van der Waals surface area (Å²) in [7, 11) is 0. The van der Waals surface area contributed by atoms with E-state index in [2.05, 4.69) is 18.7 Å². The zero-order chi connectivity index (χ0) is 12.8. The van der Waals surface area contributed by atoms with E-state index in [0.29, 0.717) is 6.04 Å². The van der Waals surface area contributed by atoms with Crippen LogP contribution in [0.2, 0.25) is 0 Å². The summed E-state index contributed by atoms with van der Waals surface area (Å²) in [4.78, 5) is 16.2. The fraction of sp³-hybridized carbons (Fsp3) is 0.923. The van der Waals surface area contributed by atoms with Crippen LogP contribution in [0.1, 0.15) is 34.1 Å². The number of likely N-dealkylation sites (tertiary alicyclic amines) is 1. The van der Waals surface area contributed by atoms with Gasteiger partial charge in [-0.3, -0.25) is 9.69 Å². The van der Waals surface area contributed by atoms with Crippen LogP contribution in [0.5, 0.6) is 0 Å². The van der Waals surface area contributed by atoms with Crippen molar-refractivity contribution in [3.8, 4) is 0 Å². The molecule has 0 aromatic carbocycles. The molecule has 4 heteroatoms. The van der Waals surface area contributed by atoms with Gasteiger partial charge in [0.1, 0.15) is 6.61 Å². The van der Waals surface area contributed by atoms with Gasteiger partial charge in [0.25, 0.3) is 0 Å². The Kier molecular flexibility index (Phi) is 5.92. The highest BCUT2D eigenvalue weighted by Gasteiger charge is 2.28. The normalized spacial score (nSPS) is 20.6. The predicted molar refractivity (Wildman–Crippen MR) is 69.0 cm³/mol. The first-order valence-electron chi connectivity index (χ1n) is 6.71. The Balaban J connectivity index is 2.36. The van der Waals surface area contributed by atoms with E-state index in [4.69, 9.17) is 4.74 Å². The number of likely N-dealkylation sites (N-methyl/N-ethyl adjacent to an activating group) is 1. The lowest BCUT2D eigenvalue weighted by molar-refractivity contribution is -0.136. The maximum Gasteiger partial charge on any atom is 0.248 e. The maximum absolute atomic E-state index is 11.9. The Labute approximate surface area is 105 Å². The van der Waals surface area contributed by atoms with Gasteiger partial charge in [0.15, 0.2) is 0 Å². The van der Waals surface area contributed by atoms with Crippen LogP contribution in [-0.2, 0) is 9.53 Å². The summed E-state index contributed by atoms with van der Waals surface area (Å²) >= 11 is 0. The molecular weight excluding hydrogens is 216 g/mol. The van der Waals surface area contributed by atoms with Crippen molar-refractivity contribution in [1.29, 1.82) is 0 Å². The van der Waals surface area contributed by atoms with E-state index in [1.807, 2.05) is 18.7 Å². The summed E-state index contributed by atoms with van der Waals surface area (Å²) in [6.07, 6.45) is 1.22. The van der Waals surface area contributed by atoms with Gasteiger partial charge in [-0.15, -0.1) is 0 Å². The number of hydrogen-bond donors (Lipinski definition) is 0. The third kappa shape index (κ3) is 4.28. The summed E-state index contributed by atoms with van der Waals surface area (Å²) in [5.41, 5.74) is 0. The Morgan fingerprint density at radius 1 is 1.41 bits per heavy atom. The molecule has 0 aromatic rings. The molecule has 1 amide bonds. The van der Waals surface area contributed by atoms with Gasteiger partial charge < -0.3 is 9.64 Å². The molecule has 0 saturated carbocycles. The molecule has 0 aromatic heterocycles. The van der Waals surface area contributed by atoms with Crippen molar-refractivity contribution in [2.45, 2.75) is 46.3 Å². The first-order chi connectivity index (χ1) is 8.08. The zero-order valence-electron chi connectivity index (χ0n) is 11.6. The van der Waals surface area contributed by atoms with Gasteiger partial charge in [-0.1, -0.05) is 13.8 Å². The second-order valence-corrected chi connectivity index (χ2v) is 4.86. The smallest absolute Gasteiger partial charge is 0.248 e. The van der Waals surface area contributed by atoms with E-state index in [9.17, 15) is 4.79 Å². The lowest BCUT2D eigenvalue weighted by Crippen LogP contribution is -2.39. The van der Waals surface area contributed by atoms with Crippen molar-refractivity contribution in [3.63, 3.8) is 0 Å². The largest absolute Gasteiger partial charge is 0.369 e. The van der Waals surface area contributed by atoms with E-state index in [0.717, 1.165) is 32.6 Å². The number of amides is 1. The molecule has 1 saturated heterocycles. The highest BCUT2D eigenvalue weighted by molar-refractivity contribution is 5.77. The monoisotopic (exact) mass is 242 g/mol. The average molecular weight is 242 g/mol. The molecule has 1 rings (SSSR count). The molecule has 0 radical (unpaired) electrons. The third-order valence-corrected chi connectivity index (χ3v) is 3.38. The summed E-state index contributed by atoms with van der Waals surface area (Å²) in [6.45, 7) is 12.3. The SMILES string of the molecule is CCN(CC)C1CCN(C(=O)COC(C)C)C1. The van der Waals surface area contributed by atoms with E-state index in [1.54, 1.807) is 0 Å². The second-order valence-electron chi connectivity index (χ2n) is 4.86. The van der Waals surface area contributed by atoms with Crippen molar-refractivity contribution in [2.24, 2.45) is 0 Å². The van der Waals surface area contributed by atoms with Crippen molar-refractivity contribution in [2.75, 3.05) is 32.8 Å². The van der Waals surface area contributed by atoms with Crippen LogP contribution in [0.25, 0.3) is 0 Å². The molecule has 1 aliphatic heterocycles. The molecule has 0 spiro atoms. The minimum Gasteiger partial charge on any atom is -0.369 e. The van der Waals surface area contributed by atoms with Crippen molar-refractivity contribution < 1.29 is 9.53 Å². The number of rotatable bonds is 6. The Bertz CT molecular complexity index is 240. The van der Waals surface area contributed by atoms with E-state index in [-0.39, 0.29) is 18.6 Å². The van der Waals surface area contributed by atoms with Crippen molar-refractivity contribution in [1.82, 2.24) is 9.80 Å². The average Bonchev–Trinajstić information content (AvgIpc) is 2.77. The summed E-state index contributed by atoms with van der Waals surface area (Å²) < 4.78 is 5.36. The van der Waals surface area contributed by atoms with Crippen LogP contribution < -0.4 is 0 Å². The quantitative estimate of drug-likeness (QED) is 0.705. The van der Waals surface area contributed by atoms with Gasteiger partial charge in [0.05, 0.1) is 6.10 Å². The molecule has 0 aliphatic carbocycles. The number of nitrogens with zero attached hydrogens (tertiary/aromatic N) is 2. The fourth-order valence-corrected chi connectivity index (χ4v) is 2.34. The van der Waals surface area contributed by atoms with Gasteiger partial charge >= 0.3 is 0 Å². The van der Waals surface area contributed by atoms with E-state index >= 15 is 0 Å². The van der Waals surface area contributed by atoms with E-state index in [1.165, 1.54) is 0 Å². The predicted octanol–water partition coefficient (Wildman–Crippen LogP) is 1.35. The van der Waals surface area contributed by atoms with Gasteiger partial charge in [0.2, 0.25) is 5.91 Å². The van der Waals surface area contributed by atoms with Crippen LogP contribution in [-0.4, -0.2) is 60.6 Å². The molecule has 4 nitrogen and oxygen atoms in total. The Hall–Kier alpha value is -0.610. The third-order valence-electron chi connectivity index (χ3n) is 3.38. The van der Waals surface area contributed by atoms with Gasteiger partial charge in [-0.05, 0) is 33.4 Å². The lowest BCUT2D eigenvalue weighted by atomic mass is 10.2. The Morgan fingerprint density at radius 3 is 2.59 bits per heavy atom. The summed E-state index contributed by atoms with van der Waals surface area (Å²) in [5.74, 6) is 0.133. The van der Waals surface area contributed by atoms with Gasteiger partial charge in [0, 0.05) is 19.1 Å². The molecule has 1 heterocycles. The second kappa shape index (κ2) is 6.97. The number of carbonyl (C=O) groups excluding carboxylic acids is 1. The van der Waals surface area contributed by atoms with Crippen LogP contribution in [0.15, 0.2) is 0 Å². The molecule has 1 unspecified atom stereocenters. The van der Waals surface area contributed by atoms with Crippen LogP contribution in [0, 0.1) is 0 Å². The summed E-state index contributed by atoms with van der Waals surface area (Å²) in [6, 6.07) is 0.535. The van der Waals surface area contributed by atoms with Gasteiger partial charge in [-0.2, -0.15) is 0 Å². The molecule has 1 aliphatic rings.